The van der Waals surface area contributed by atoms with Crippen LogP contribution in [0.5, 0.6) is 5.75 Å². The van der Waals surface area contributed by atoms with Crippen molar-refractivity contribution in [2.24, 2.45) is 0 Å². The highest BCUT2D eigenvalue weighted by Crippen LogP contribution is 2.22. The number of carbonyl (C=O) groups is 1. The Morgan fingerprint density at radius 3 is 2.88 bits per heavy atom. The third-order valence-electron chi connectivity index (χ3n) is 1.89. The Balaban J connectivity index is 2.41. The molecule has 0 aliphatic heterocycles. The van der Waals surface area contributed by atoms with E-state index >= 15 is 0 Å². The second-order valence-electron chi connectivity index (χ2n) is 3.08. The molecule has 1 aromatic heterocycles. The summed E-state index contributed by atoms with van der Waals surface area (Å²) >= 11 is 0. The number of alkyl halides is 2. The summed E-state index contributed by atoms with van der Waals surface area (Å²) in [5.41, 5.74) is 0.662. The quantitative estimate of drug-likeness (QED) is 0.756. The van der Waals surface area contributed by atoms with Gasteiger partial charge in [-0.2, -0.15) is 8.78 Å². The van der Waals surface area contributed by atoms with Crippen molar-refractivity contribution in [1.82, 2.24) is 4.98 Å². The number of aromatic nitrogens is 1. The summed E-state index contributed by atoms with van der Waals surface area (Å²) in [7, 11) is 0. The third kappa shape index (κ3) is 2.00. The number of rotatable bonds is 3. The van der Waals surface area contributed by atoms with Gasteiger partial charge in [-0.15, -0.1) is 0 Å². The minimum Gasteiger partial charge on any atom is -0.435 e. The average molecular weight is 227 g/mol. The zero-order valence-corrected chi connectivity index (χ0v) is 8.24. The first-order valence-electron chi connectivity index (χ1n) is 4.42. The van der Waals surface area contributed by atoms with Crippen molar-refractivity contribution in [3.8, 4) is 5.75 Å². The van der Waals surface area contributed by atoms with Crippen LogP contribution in [0.25, 0.3) is 11.1 Å². The number of Topliss-reactive ketones (excluding diaryl/α,β-unsaturated/α-hetero) is 1. The molecule has 6 heteroatoms. The van der Waals surface area contributed by atoms with E-state index in [1.54, 1.807) is 0 Å². The van der Waals surface area contributed by atoms with Crippen LogP contribution in [0.2, 0.25) is 0 Å². The van der Waals surface area contributed by atoms with E-state index in [-0.39, 0.29) is 17.4 Å². The van der Waals surface area contributed by atoms with Crippen LogP contribution < -0.4 is 4.74 Å². The molecule has 0 fully saturated rings. The zero-order chi connectivity index (χ0) is 11.7. The Bertz CT molecular complexity index is 536. The molecule has 84 valence electrons. The van der Waals surface area contributed by atoms with Crippen LogP contribution in [-0.2, 0) is 0 Å². The van der Waals surface area contributed by atoms with E-state index in [0.717, 1.165) is 0 Å². The standard InChI is InChI=1S/C10H7F2NO3/c1-5(14)9-13-7-4-6(15-10(11)12)2-3-8(7)16-9/h2-4,10H,1H3. The van der Waals surface area contributed by atoms with Crippen molar-refractivity contribution in [3.05, 3.63) is 24.1 Å². The van der Waals surface area contributed by atoms with Gasteiger partial charge < -0.3 is 9.15 Å². The topological polar surface area (TPSA) is 52.3 Å². The highest BCUT2D eigenvalue weighted by atomic mass is 19.3. The van der Waals surface area contributed by atoms with E-state index < -0.39 is 6.61 Å². The van der Waals surface area contributed by atoms with Crippen molar-refractivity contribution >= 4 is 16.9 Å². The largest absolute Gasteiger partial charge is 0.435 e. The summed E-state index contributed by atoms with van der Waals surface area (Å²) in [4.78, 5) is 14.8. The van der Waals surface area contributed by atoms with Crippen molar-refractivity contribution in [3.63, 3.8) is 0 Å². The van der Waals surface area contributed by atoms with Gasteiger partial charge in [0.1, 0.15) is 11.3 Å². The molecule has 1 aromatic carbocycles. The van der Waals surface area contributed by atoms with E-state index in [2.05, 4.69) is 9.72 Å². The van der Waals surface area contributed by atoms with Crippen molar-refractivity contribution in [2.75, 3.05) is 0 Å². The number of benzene rings is 1. The minimum atomic E-state index is -2.89. The Labute approximate surface area is 88.8 Å². The number of nitrogens with zero attached hydrogens (tertiary/aromatic N) is 1. The number of hydrogen-bond donors (Lipinski definition) is 0. The molecular formula is C10H7F2NO3. The molecule has 0 unspecified atom stereocenters. The van der Waals surface area contributed by atoms with Gasteiger partial charge in [-0.1, -0.05) is 0 Å². The first-order valence-corrected chi connectivity index (χ1v) is 4.42. The molecule has 0 aliphatic rings. The van der Waals surface area contributed by atoms with Crippen LogP contribution in [0, 0.1) is 0 Å². The van der Waals surface area contributed by atoms with Crippen LogP contribution >= 0.6 is 0 Å². The second-order valence-corrected chi connectivity index (χ2v) is 3.08. The van der Waals surface area contributed by atoms with Crippen LogP contribution in [0.3, 0.4) is 0 Å². The summed E-state index contributed by atoms with van der Waals surface area (Å²) in [5.74, 6) is -0.400. The number of ketones is 1. The van der Waals surface area contributed by atoms with E-state index in [9.17, 15) is 13.6 Å². The Morgan fingerprint density at radius 1 is 1.50 bits per heavy atom. The lowest BCUT2D eigenvalue weighted by molar-refractivity contribution is -0.0497. The predicted octanol–water partition coefficient (Wildman–Crippen LogP) is 2.63. The van der Waals surface area contributed by atoms with Gasteiger partial charge in [0, 0.05) is 13.0 Å². The number of halogens is 2. The molecule has 0 N–H and O–H groups in total. The Morgan fingerprint density at radius 2 is 2.25 bits per heavy atom. The molecule has 1 heterocycles. The van der Waals surface area contributed by atoms with Gasteiger partial charge in [-0.25, -0.2) is 4.98 Å². The van der Waals surface area contributed by atoms with Gasteiger partial charge in [0.25, 0.3) is 5.89 Å². The zero-order valence-electron chi connectivity index (χ0n) is 8.24. The van der Waals surface area contributed by atoms with Crippen LogP contribution in [-0.4, -0.2) is 17.4 Å². The number of carbonyl (C=O) groups excluding carboxylic acids is 1. The molecule has 0 saturated carbocycles. The van der Waals surface area contributed by atoms with Gasteiger partial charge in [0.05, 0.1) is 0 Å². The molecule has 0 bridgehead atoms. The average Bonchev–Trinajstić information content (AvgIpc) is 2.59. The Hall–Kier alpha value is -1.98. The highest BCUT2D eigenvalue weighted by Gasteiger charge is 2.11. The summed E-state index contributed by atoms with van der Waals surface area (Å²) in [6.45, 7) is -1.59. The SMILES string of the molecule is CC(=O)c1nc2cc(OC(F)F)ccc2o1. The summed E-state index contributed by atoms with van der Waals surface area (Å²) in [5, 5.41) is 0. The van der Waals surface area contributed by atoms with Gasteiger partial charge >= 0.3 is 6.61 Å². The molecule has 0 spiro atoms. The molecule has 16 heavy (non-hydrogen) atoms. The lowest BCUT2D eigenvalue weighted by atomic mass is 10.3. The van der Waals surface area contributed by atoms with Crippen molar-refractivity contribution in [2.45, 2.75) is 13.5 Å². The second kappa shape index (κ2) is 3.88. The van der Waals surface area contributed by atoms with Crippen LogP contribution in [0.1, 0.15) is 17.6 Å². The molecule has 0 aliphatic carbocycles. The number of fused-ring (bicyclic) bond motifs is 1. The maximum atomic E-state index is 11.9. The molecular weight excluding hydrogens is 220 g/mol. The minimum absolute atomic E-state index is 0.0223. The normalized spacial score (nSPS) is 11.0. The van der Waals surface area contributed by atoms with Crippen LogP contribution in [0.15, 0.2) is 22.6 Å². The molecule has 2 aromatic rings. The van der Waals surface area contributed by atoms with Crippen LogP contribution in [0.4, 0.5) is 8.78 Å². The fourth-order valence-corrected chi connectivity index (χ4v) is 1.23. The number of ether oxygens (including phenoxy) is 1. The van der Waals surface area contributed by atoms with Gasteiger partial charge in [0.15, 0.2) is 5.58 Å². The summed E-state index contributed by atoms with van der Waals surface area (Å²) < 4.78 is 33.1. The smallest absolute Gasteiger partial charge is 0.387 e. The number of hydrogen-bond acceptors (Lipinski definition) is 4. The summed E-state index contributed by atoms with van der Waals surface area (Å²) in [6, 6.07) is 4.04. The van der Waals surface area contributed by atoms with Crippen molar-refractivity contribution < 1.29 is 22.7 Å². The fraction of sp³-hybridized carbons (Fsp3) is 0.200. The van der Waals surface area contributed by atoms with E-state index in [1.165, 1.54) is 25.1 Å². The molecule has 4 nitrogen and oxygen atoms in total. The first kappa shape index (κ1) is 10.5. The monoisotopic (exact) mass is 227 g/mol. The van der Waals surface area contributed by atoms with E-state index in [1.807, 2.05) is 0 Å². The Kier molecular flexibility index (Phi) is 2.55. The molecule has 0 radical (unpaired) electrons. The lowest BCUT2D eigenvalue weighted by Crippen LogP contribution is -2.01. The maximum absolute atomic E-state index is 11.9. The maximum Gasteiger partial charge on any atom is 0.387 e. The molecule has 0 atom stereocenters. The molecule has 0 amide bonds. The number of oxazole rings is 1. The first-order chi connectivity index (χ1) is 7.56. The van der Waals surface area contributed by atoms with E-state index in [0.29, 0.717) is 11.1 Å². The highest BCUT2D eigenvalue weighted by molar-refractivity contribution is 5.92. The summed E-state index contributed by atoms with van der Waals surface area (Å²) in [6.07, 6.45) is 0. The molecule has 2 rings (SSSR count). The van der Waals surface area contributed by atoms with Crippen molar-refractivity contribution in [1.29, 1.82) is 0 Å². The fourth-order valence-electron chi connectivity index (χ4n) is 1.23. The van der Waals surface area contributed by atoms with Gasteiger partial charge in [0.2, 0.25) is 5.78 Å². The third-order valence-corrected chi connectivity index (χ3v) is 1.89. The van der Waals surface area contributed by atoms with Gasteiger partial charge in [-0.05, 0) is 12.1 Å². The van der Waals surface area contributed by atoms with E-state index in [4.69, 9.17) is 4.42 Å². The lowest BCUT2D eigenvalue weighted by Gasteiger charge is -2.02. The van der Waals surface area contributed by atoms with Gasteiger partial charge in [-0.3, -0.25) is 4.79 Å². The molecule has 0 saturated heterocycles. The predicted molar refractivity (Wildman–Crippen MR) is 50.6 cm³/mol.